The van der Waals surface area contributed by atoms with Crippen molar-refractivity contribution in [2.24, 2.45) is 0 Å². The van der Waals surface area contributed by atoms with Crippen molar-refractivity contribution in [3.05, 3.63) is 23.0 Å². The normalized spacial score (nSPS) is 10.3. The number of nitrogens with one attached hydrogen (secondary N) is 1. The number of imidazole rings is 1. The van der Waals surface area contributed by atoms with Crippen molar-refractivity contribution in [1.82, 2.24) is 9.97 Å². The Balaban J connectivity index is 2.91. The van der Waals surface area contributed by atoms with Gasteiger partial charge in [-0.15, -0.1) is 0 Å². The molecule has 2 aromatic rings. The molecule has 1 aromatic heterocycles. The largest absolute Gasteiger partial charge is 0.375 e. The predicted octanol–water partition coefficient (Wildman–Crippen LogP) is 1.95. The smallest absolute Gasteiger partial charge is 0.174 e. The Morgan fingerprint density at radius 2 is 2.33 bits per heavy atom. The molecule has 0 atom stereocenters. The van der Waals surface area contributed by atoms with Gasteiger partial charge in [0.05, 0.1) is 21.8 Å². The number of aromatic nitrogens is 2. The summed E-state index contributed by atoms with van der Waals surface area (Å²) in [4.78, 5) is 8.73. The molecule has 0 unspecified atom stereocenters. The Morgan fingerprint density at radius 1 is 1.60 bits per heavy atom. The molecule has 2 rings (SSSR count). The third kappa shape index (κ3) is 1.41. The van der Waals surface area contributed by atoms with Crippen LogP contribution in [0.4, 0.5) is 5.69 Å². The fourth-order valence-electron chi connectivity index (χ4n) is 1.52. The van der Waals surface area contributed by atoms with Gasteiger partial charge in [0.1, 0.15) is 11.6 Å². The highest BCUT2D eigenvalue weighted by molar-refractivity contribution is 6.33. The van der Waals surface area contributed by atoms with E-state index in [-0.39, 0.29) is 0 Å². The minimum atomic E-state index is 0.423. The zero-order valence-corrected chi connectivity index (χ0v) is 9.05. The quantitative estimate of drug-likeness (QED) is 0.798. The number of anilines is 1. The van der Waals surface area contributed by atoms with Crippen LogP contribution in [0.15, 0.2) is 6.07 Å². The SMILES string of the molecule is CN(C)c1c(C#N)c(Cl)cc2[nH][c]nc12. The number of hydrogen-bond acceptors (Lipinski definition) is 3. The van der Waals surface area contributed by atoms with Gasteiger partial charge in [-0.25, -0.2) is 4.98 Å². The van der Waals surface area contributed by atoms with Gasteiger partial charge in [0, 0.05) is 14.1 Å². The molecule has 75 valence electrons. The number of nitriles is 1. The van der Waals surface area contributed by atoms with Crippen molar-refractivity contribution in [1.29, 1.82) is 5.26 Å². The molecular weight excluding hydrogens is 212 g/mol. The Morgan fingerprint density at radius 3 is 2.93 bits per heavy atom. The molecule has 0 bridgehead atoms. The van der Waals surface area contributed by atoms with Crippen LogP contribution in [0.25, 0.3) is 11.0 Å². The summed E-state index contributed by atoms with van der Waals surface area (Å²) in [6, 6.07) is 3.77. The molecule has 5 heteroatoms. The molecule has 0 saturated carbocycles. The molecule has 4 nitrogen and oxygen atoms in total. The Bertz CT molecular complexity index is 550. The molecule has 0 aliphatic heterocycles. The summed E-state index contributed by atoms with van der Waals surface area (Å²) in [6.07, 6.45) is 2.64. The summed E-state index contributed by atoms with van der Waals surface area (Å²) >= 11 is 6.00. The first-order chi connectivity index (χ1) is 7.15. The molecule has 1 heterocycles. The molecule has 1 N–H and O–H groups in total. The maximum atomic E-state index is 9.04. The molecular formula is C10H8ClN4. The summed E-state index contributed by atoms with van der Waals surface area (Å²) in [5.74, 6) is 0. The van der Waals surface area contributed by atoms with E-state index in [1.54, 1.807) is 6.07 Å². The first kappa shape index (κ1) is 9.81. The summed E-state index contributed by atoms with van der Waals surface area (Å²) < 4.78 is 0. The van der Waals surface area contributed by atoms with Crippen molar-refractivity contribution in [2.75, 3.05) is 19.0 Å². The van der Waals surface area contributed by atoms with Gasteiger partial charge >= 0.3 is 0 Å². The zero-order chi connectivity index (χ0) is 11.0. The van der Waals surface area contributed by atoms with Gasteiger partial charge in [-0.2, -0.15) is 5.26 Å². The van der Waals surface area contributed by atoms with Crippen LogP contribution in [0, 0.1) is 17.7 Å². The molecule has 0 aliphatic rings. The number of fused-ring (bicyclic) bond motifs is 1. The van der Waals surface area contributed by atoms with Crippen LogP contribution in [0.5, 0.6) is 0 Å². The van der Waals surface area contributed by atoms with Crippen molar-refractivity contribution >= 4 is 28.3 Å². The van der Waals surface area contributed by atoms with E-state index >= 15 is 0 Å². The van der Waals surface area contributed by atoms with Crippen molar-refractivity contribution in [2.45, 2.75) is 0 Å². The third-order valence-corrected chi connectivity index (χ3v) is 2.44. The minimum Gasteiger partial charge on any atom is -0.375 e. The van der Waals surface area contributed by atoms with E-state index in [0.29, 0.717) is 16.1 Å². The lowest BCUT2D eigenvalue weighted by molar-refractivity contribution is 1.13. The Labute approximate surface area is 92.1 Å². The fraction of sp³-hybridized carbons (Fsp3) is 0.200. The second kappa shape index (κ2) is 3.44. The second-order valence-corrected chi connectivity index (χ2v) is 3.74. The topological polar surface area (TPSA) is 55.7 Å². The first-order valence-electron chi connectivity index (χ1n) is 4.31. The summed E-state index contributed by atoms with van der Waals surface area (Å²) in [6.45, 7) is 0. The van der Waals surface area contributed by atoms with Gasteiger partial charge in [-0.3, -0.25) is 0 Å². The van der Waals surface area contributed by atoms with Gasteiger partial charge in [0.15, 0.2) is 6.33 Å². The van der Waals surface area contributed by atoms with Crippen LogP contribution in [0.1, 0.15) is 5.56 Å². The third-order valence-electron chi connectivity index (χ3n) is 2.14. The lowest BCUT2D eigenvalue weighted by atomic mass is 10.1. The van der Waals surface area contributed by atoms with Crippen molar-refractivity contribution < 1.29 is 0 Å². The summed E-state index contributed by atoms with van der Waals surface area (Å²) in [5, 5.41) is 9.46. The van der Waals surface area contributed by atoms with E-state index in [9.17, 15) is 0 Å². The minimum absolute atomic E-state index is 0.423. The highest BCUT2D eigenvalue weighted by atomic mass is 35.5. The van der Waals surface area contributed by atoms with Crippen LogP contribution < -0.4 is 4.90 Å². The molecule has 0 amide bonds. The highest BCUT2D eigenvalue weighted by Gasteiger charge is 2.15. The maximum absolute atomic E-state index is 9.04. The van der Waals surface area contributed by atoms with Crippen LogP contribution in [0.3, 0.4) is 0 Å². The van der Waals surface area contributed by atoms with E-state index in [1.165, 1.54) is 0 Å². The number of aromatic amines is 1. The number of benzene rings is 1. The van der Waals surface area contributed by atoms with E-state index in [1.807, 2.05) is 19.0 Å². The van der Waals surface area contributed by atoms with Crippen molar-refractivity contribution in [3.8, 4) is 6.07 Å². The number of rotatable bonds is 1. The molecule has 1 aromatic carbocycles. The number of halogens is 1. The molecule has 0 aliphatic carbocycles. The van der Waals surface area contributed by atoms with Gasteiger partial charge in [-0.1, -0.05) is 11.6 Å². The zero-order valence-electron chi connectivity index (χ0n) is 8.30. The van der Waals surface area contributed by atoms with E-state index in [2.05, 4.69) is 22.4 Å². The number of hydrogen-bond donors (Lipinski definition) is 1. The van der Waals surface area contributed by atoms with Gasteiger partial charge < -0.3 is 9.88 Å². The second-order valence-electron chi connectivity index (χ2n) is 3.33. The van der Waals surface area contributed by atoms with Crippen LogP contribution in [0.2, 0.25) is 5.02 Å². The Hall–Kier alpha value is -1.73. The van der Waals surface area contributed by atoms with E-state index < -0.39 is 0 Å². The maximum Gasteiger partial charge on any atom is 0.174 e. The predicted molar refractivity (Wildman–Crippen MR) is 59.0 cm³/mol. The monoisotopic (exact) mass is 219 g/mol. The molecule has 0 saturated heterocycles. The van der Waals surface area contributed by atoms with Crippen molar-refractivity contribution in [3.63, 3.8) is 0 Å². The number of nitrogens with zero attached hydrogens (tertiary/aromatic N) is 3. The van der Waals surface area contributed by atoms with Gasteiger partial charge in [0.25, 0.3) is 0 Å². The van der Waals surface area contributed by atoms with Crippen LogP contribution in [-0.4, -0.2) is 24.1 Å². The average molecular weight is 220 g/mol. The molecule has 0 spiro atoms. The summed E-state index contributed by atoms with van der Waals surface area (Å²) in [7, 11) is 3.70. The van der Waals surface area contributed by atoms with E-state index in [0.717, 1.165) is 11.2 Å². The lowest BCUT2D eigenvalue weighted by Gasteiger charge is -2.15. The average Bonchev–Trinajstić information content (AvgIpc) is 2.62. The lowest BCUT2D eigenvalue weighted by Crippen LogP contribution is -2.11. The first-order valence-corrected chi connectivity index (χ1v) is 4.68. The Kier molecular flexibility index (Phi) is 2.25. The van der Waals surface area contributed by atoms with Gasteiger partial charge in [0.2, 0.25) is 0 Å². The molecule has 1 radical (unpaired) electrons. The number of H-pyrrole nitrogens is 1. The molecule has 15 heavy (non-hydrogen) atoms. The summed E-state index contributed by atoms with van der Waals surface area (Å²) in [5.41, 5.74) is 2.65. The fourth-order valence-corrected chi connectivity index (χ4v) is 1.76. The molecule has 0 fully saturated rings. The van der Waals surface area contributed by atoms with Crippen LogP contribution >= 0.6 is 11.6 Å². The van der Waals surface area contributed by atoms with E-state index in [4.69, 9.17) is 16.9 Å². The van der Waals surface area contributed by atoms with Crippen LogP contribution in [-0.2, 0) is 0 Å². The highest BCUT2D eigenvalue weighted by Crippen LogP contribution is 2.32. The van der Waals surface area contributed by atoms with Gasteiger partial charge in [-0.05, 0) is 6.07 Å². The standard InChI is InChI=1S/C10H8ClN4/c1-15(2)10-6(4-12)7(11)3-8-9(10)14-5-13-8/h3H,1-2H3,(H,13,14).